The standard InChI is InChI=1S/C18H20BrN5O2S/c1-10(2)21-5-6-24-12-3-4-22-17(20)16(12)23-18(24)27-15-8-14-13(7-11(15)19)25-9-26-14/h3-4,7-8,10,21H,5-6,9H2,1-2H3,(H2,20,22). The van der Waals surface area contributed by atoms with Gasteiger partial charge in [-0.25, -0.2) is 9.97 Å². The van der Waals surface area contributed by atoms with E-state index in [4.69, 9.17) is 20.2 Å². The number of benzene rings is 1. The summed E-state index contributed by atoms with van der Waals surface area (Å²) in [5.74, 6) is 1.93. The number of nitrogen functional groups attached to an aromatic ring is 1. The van der Waals surface area contributed by atoms with Crippen LogP contribution in [0.15, 0.2) is 38.9 Å². The molecule has 142 valence electrons. The highest BCUT2D eigenvalue weighted by Crippen LogP contribution is 2.43. The predicted molar refractivity (Wildman–Crippen MR) is 109 cm³/mol. The third-order valence-electron chi connectivity index (χ3n) is 4.18. The number of ether oxygens (including phenoxy) is 2. The molecule has 1 aliphatic heterocycles. The first-order valence-corrected chi connectivity index (χ1v) is 10.2. The number of nitrogens with one attached hydrogen (secondary N) is 1. The molecule has 1 aromatic carbocycles. The van der Waals surface area contributed by atoms with Crippen LogP contribution < -0.4 is 20.5 Å². The highest BCUT2D eigenvalue weighted by molar-refractivity contribution is 9.10. The van der Waals surface area contributed by atoms with E-state index < -0.39 is 0 Å². The van der Waals surface area contributed by atoms with Crippen LogP contribution in [0.5, 0.6) is 11.5 Å². The van der Waals surface area contributed by atoms with Crippen LogP contribution in [0.4, 0.5) is 5.82 Å². The Labute approximate surface area is 169 Å². The van der Waals surface area contributed by atoms with Gasteiger partial charge < -0.3 is 25.1 Å². The van der Waals surface area contributed by atoms with Gasteiger partial charge in [-0.3, -0.25) is 0 Å². The average molecular weight is 450 g/mol. The molecule has 0 saturated heterocycles. The topological polar surface area (TPSA) is 87.2 Å². The van der Waals surface area contributed by atoms with Gasteiger partial charge in [-0.2, -0.15) is 0 Å². The minimum atomic E-state index is 0.248. The summed E-state index contributed by atoms with van der Waals surface area (Å²) in [6, 6.07) is 6.26. The van der Waals surface area contributed by atoms with Crippen molar-refractivity contribution in [2.75, 3.05) is 19.1 Å². The predicted octanol–water partition coefficient (Wildman–Crippen LogP) is 3.65. The second-order valence-electron chi connectivity index (χ2n) is 6.46. The molecule has 0 spiro atoms. The summed E-state index contributed by atoms with van der Waals surface area (Å²) in [4.78, 5) is 9.93. The van der Waals surface area contributed by atoms with Gasteiger partial charge in [0.1, 0.15) is 5.52 Å². The zero-order chi connectivity index (χ0) is 19.0. The van der Waals surface area contributed by atoms with Gasteiger partial charge in [0, 0.05) is 34.7 Å². The minimum absolute atomic E-state index is 0.248. The number of pyridine rings is 1. The molecular weight excluding hydrogens is 430 g/mol. The van der Waals surface area contributed by atoms with Gasteiger partial charge in [-0.15, -0.1) is 0 Å². The Hall–Kier alpha value is -1.97. The fourth-order valence-corrected chi connectivity index (χ4v) is 4.41. The molecule has 0 atom stereocenters. The van der Waals surface area contributed by atoms with Crippen molar-refractivity contribution >= 4 is 44.5 Å². The quantitative estimate of drug-likeness (QED) is 0.593. The number of hydrogen-bond acceptors (Lipinski definition) is 7. The minimum Gasteiger partial charge on any atom is -0.454 e. The number of nitrogens with two attached hydrogens (primary N) is 1. The van der Waals surface area contributed by atoms with Crippen molar-refractivity contribution in [1.29, 1.82) is 0 Å². The normalized spacial score (nSPS) is 13.0. The van der Waals surface area contributed by atoms with E-state index in [0.717, 1.165) is 50.1 Å². The van der Waals surface area contributed by atoms with Crippen LogP contribution in [0.1, 0.15) is 13.8 Å². The van der Waals surface area contributed by atoms with E-state index >= 15 is 0 Å². The van der Waals surface area contributed by atoms with E-state index in [1.165, 1.54) is 0 Å². The number of rotatable bonds is 6. The van der Waals surface area contributed by atoms with E-state index in [1.54, 1.807) is 18.0 Å². The van der Waals surface area contributed by atoms with Gasteiger partial charge >= 0.3 is 0 Å². The molecule has 2 aromatic heterocycles. The van der Waals surface area contributed by atoms with E-state index in [9.17, 15) is 0 Å². The third kappa shape index (κ3) is 3.71. The zero-order valence-corrected chi connectivity index (χ0v) is 17.4. The Morgan fingerprint density at radius 3 is 2.89 bits per heavy atom. The lowest BCUT2D eigenvalue weighted by molar-refractivity contribution is 0.174. The van der Waals surface area contributed by atoms with Crippen LogP contribution in [0, 0.1) is 0 Å². The van der Waals surface area contributed by atoms with Crippen LogP contribution in [0.25, 0.3) is 11.0 Å². The van der Waals surface area contributed by atoms with Crippen molar-refractivity contribution in [2.24, 2.45) is 0 Å². The molecule has 3 N–H and O–H groups in total. The molecule has 0 aliphatic carbocycles. The number of anilines is 1. The molecule has 3 heterocycles. The first-order valence-electron chi connectivity index (χ1n) is 8.64. The molecular formula is C18H20BrN5O2S. The maximum Gasteiger partial charge on any atom is 0.231 e. The number of fused-ring (bicyclic) bond motifs is 2. The average Bonchev–Trinajstić information content (AvgIpc) is 3.21. The summed E-state index contributed by atoms with van der Waals surface area (Å²) >= 11 is 5.18. The lowest BCUT2D eigenvalue weighted by atomic mass is 10.3. The number of aromatic nitrogens is 3. The summed E-state index contributed by atoms with van der Waals surface area (Å²) in [6.45, 7) is 6.13. The fraction of sp³-hybridized carbons (Fsp3) is 0.333. The van der Waals surface area contributed by atoms with Crippen LogP contribution in [0.3, 0.4) is 0 Å². The summed E-state index contributed by atoms with van der Waals surface area (Å²) in [7, 11) is 0. The highest BCUT2D eigenvalue weighted by Gasteiger charge is 2.20. The van der Waals surface area contributed by atoms with E-state index in [2.05, 4.69) is 44.6 Å². The third-order valence-corrected chi connectivity index (χ3v) is 6.15. The van der Waals surface area contributed by atoms with Crippen molar-refractivity contribution in [3.8, 4) is 11.5 Å². The van der Waals surface area contributed by atoms with Gasteiger partial charge in [0.2, 0.25) is 6.79 Å². The Morgan fingerprint density at radius 2 is 2.11 bits per heavy atom. The van der Waals surface area contributed by atoms with Crippen LogP contribution >= 0.6 is 27.7 Å². The van der Waals surface area contributed by atoms with Crippen LogP contribution in [-0.4, -0.2) is 33.9 Å². The van der Waals surface area contributed by atoms with Gasteiger partial charge in [0.25, 0.3) is 0 Å². The highest BCUT2D eigenvalue weighted by atomic mass is 79.9. The summed E-state index contributed by atoms with van der Waals surface area (Å²) in [5, 5.41) is 4.31. The Bertz CT molecular complexity index is 992. The van der Waals surface area contributed by atoms with Gasteiger partial charge in [-0.05, 0) is 34.1 Å². The van der Waals surface area contributed by atoms with Crippen molar-refractivity contribution in [1.82, 2.24) is 19.9 Å². The lowest BCUT2D eigenvalue weighted by Crippen LogP contribution is -2.26. The SMILES string of the molecule is CC(C)NCCn1c(Sc2cc3c(cc2Br)OCO3)nc2c(N)nccc21. The van der Waals surface area contributed by atoms with Gasteiger partial charge in [-0.1, -0.05) is 25.6 Å². The second kappa shape index (κ2) is 7.57. The smallest absolute Gasteiger partial charge is 0.231 e. The zero-order valence-electron chi connectivity index (χ0n) is 15.0. The summed E-state index contributed by atoms with van der Waals surface area (Å²) in [6.07, 6.45) is 1.72. The second-order valence-corrected chi connectivity index (χ2v) is 8.32. The number of nitrogens with zero attached hydrogens (tertiary/aromatic N) is 3. The lowest BCUT2D eigenvalue weighted by Gasteiger charge is -2.12. The number of hydrogen-bond donors (Lipinski definition) is 2. The summed E-state index contributed by atoms with van der Waals surface area (Å²) in [5.41, 5.74) is 7.76. The van der Waals surface area contributed by atoms with Crippen molar-refractivity contribution < 1.29 is 9.47 Å². The molecule has 1 aliphatic rings. The molecule has 0 bridgehead atoms. The largest absolute Gasteiger partial charge is 0.454 e. The van der Waals surface area contributed by atoms with Crippen molar-refractivity contribution in [2.45, 2.75) is 36.5 Å². The molecule has 7 nitrogen and oxygen atoms in total. The maximum atomic E-state index is 6.05. The van der Waals surface area contributed by atoms with Gasteiger partial charge in [0.05, 0.1) is 5.52 Å². The van der Waals surface area contributed by atoms with E-state index in [1.807, 2.05) is 18.2 Å². The first kappa shape index (κ1) is 18.4. The van der Waals surface area contributed by atoms with E-state index in [0.29, 0.717) is 11.9 Å². The molecule has 0 fully saturated rings. The van der Waals surface area contributed by atoms with Crippen molar-refractivity contribution in [3.05, 3.63) is 28.9 Å². The maximum absolute atomic E-state index is 6.05. The molecule has 27 heavy (non-hydrogen) atoms. The van der Waals surface area contributed by atoms with Crippen LogP contribution in [0.2, 0.25) is 0 Å². The molecule has 0 amide bonds. The first-order chi connectivity index (χ1) is 13.0. The molecule has 0 unspecified atom stereocenters. The summed E-state index contributed by atoms with van der Waals surface area (Å²) < 4.78 is 14.0. The molecule has 0 radical (unpaired) electrons. The number of imidazole rings is 1. The Kier molecular flexibility index (Phi) is 5.16. The monoisotopic (exact) mass is 449 g/mol. The molecule has 3 aromatic rings. The van der Waals surface area contributed by atoms with Crippen LogP contribution in [-0.2, 0) is 6.54 Å². The van der Waals surface area contributed by atoms with Gasteiger partial charge in [0.15, 0.2) is 22.5 Å². The van der Waals surface area contributed by atoms with E-state index in [-0.39, 0.29) is 6.79 Å². The van der Waals surface area contributed by atoms with Crippen molar-refractivity contribution in [3.63, 3.8) is 0 Å². The number of halogens is 1. The molecule has 4 rings (SSSR count). The molecule has 0 saturated carbocycles. The Balaban J connectivity index is 1.71. The fourth-order valence-electron chi connectivity index (χ4n) is 2.88. The Morgan fingerprint density at radius 1 is 1.33 bits per heavy atom. The molecule has 9 heteroatoms.